The highest BCUT2D eigenvalue weighted by molar-refractivity contribution is 5.93. The molecule has 0 fully saturated rings. The van der Waals surface area contributed by atoms with E-state index in [0.717, 1.165) is 49.0 Å². The molecule has 20 heavy (non-hydrogen) atoms. The van der Waals surface area contributed by atoms with Gasteiger partial charge in [0.25, 0.3) is 0 Å². The fourth-order valence-electron chi connectivity index (χ4n) is 3.04. The minimum Gasteiger partial charge on any atom is -0.384 e. The lowest BCUT2D eigenvalue weighted by molar-refractivity contribution is 0.636. The lowest BCUT2D eigenvalue weighted by Crippen LogP contribution is -2.08. The molecule has 0 atom stereocenters. The van der Waals surface area contributed by atoms with Crippen LogP contribution in [0, 0.1) is 5.82 Å². The Labute approximate surface area is 119 Å². The number of aryl methyl sites for hydroxylation is 1. The first kappa shape index (κ1) is 13.3. The molecule has 0 saturated heterocycles. The highest BCUT2D eigenvalue weighted by Gasteiger charge is 2.18. The van der Waals surface area contributed by atoms with Gasteiger partial charge in [-0.15, -0.1) is 0 Å². The van der Waals surface area contributed by atoms with E-state index in [2.05, 4.69) is 17.2 Å². The summed E-state index contributed by atoms with van der Waals surface area (Å²) in [4.78, 5) is 4.63. The standard InChI is InChI=1S/C17H21FN2/c1-2-11-19-16-12-7-4-3-5-10-15(12)20-17-13(16)8-6-9-14(17)18/h6,8-9H,2-5,7,10-11H2,1H3,(H,19,20). The summed E-state index contributed by atoms with van der Waals surface area (Å²) >= 11 is 0. The highest BCUT2D eigenvalue weighted by atomic mass is 19.1. The van der Waals surface area contributed by atoms with Crippen molar-refractivity contribution in [2.75, 3.05) is 11.9 Å². The van der Waals surface area contributed by atoms with Gasteiger partial charge >= 0.3 is 0 Å². The quantitative estimate of drug-likeness (QED) is 0.834. The van der Waals surface area contributed by atoms with Gasteiger partial charge in [-0.1, -0.05) is 25.5 Å². The summed E-state index contributed by atoms with van der Waals surface area (Å²) in [5.41, 5.74) is 4.05. The van der Waals surface area contributed by atoms with Crippen LogP contribution in [-0.2, 0) is 12.8 Å². The Kier molecular flexibility index (Phi) is 3.86. The SMILES string of the molecule is CCCNc1c2c(nc3c(F)cccc13)CCCCC2. The van der Waals surface area contributed by atoms with E-state index in [1.807, 2.05) is 6.07 Å². The number of nitrogens with one attached hydrogen (secondary N) is 1. The maximum absolute atomic E-state index is 14.1. The molecular weight excluding hydrogens is 251 g/mol. The third-order valence-electron chi connectivity index (χ3n) is 4.05. The van der Waals surface area contributed by atoms with Gasteiger partial charge in [-0.25, -0.2) is 9.37 Å². The number of fused-ring (bicyclic) bond motifs is 2. The third kappa shape index (κ3) is 2.37. The topological polar surface area (TPSA) is 24.9 Å². The van der Waals surface area contributed by atoms with Crippen LogP contribution < -0.4 is 5.32 Å². The Bertz CT molecular complexity index is 622. The number of halogens is 1. The zero-order chi connectivity index (χ0) is 13.9. The van der Waals surface area contributed by atoms with E-state index >= 15 is 0 Å². The van der Waals surface area contributed by atoms with Crippen LogP contribution in [0.2, 0.25) is 0 Å². The van der Waals surface area contributed by atoms with Crippen molar-refractivity contribution >= 4 is 16.6 Å². The molecule has 0 unspecified atom stereocenters. The fourth-order valence-corrected chi connectivity index (χ4v) is 3.04. The number of benzene rings is 1. The first-order chi connectivity index (χ1) is 9.81. The average Bonchev–Trinajstić information content (AvgIpc) is 2.70. The van der Waals surface area contributed by atoms with Gasteiger partial charge in [0.2, 0.25) is 0 Å². The largest absolute Gasteiger partial charge is 0.384 e. The summed E-state index contributed by atoms with van der Waals surface area (Å²) in [7, 11) is 0. The summed E-state index contributed by atoms with van der Waals surface area (Å²) in [6.07, 6.45) is 6.70. The summed E-state index contributed by atoms with van der Waals surface area (Å²) < 4.78 is 14.1. The molecule has 0 aliphatic heterocycles. The summed E-state index contributed by atoms with van der Waals surface area (Å²) in [5.74, 6) is -0.214. The van der Waals surface area contributed by atoms with E-state index in [1.54, 1.807) is 6.07 Å². The number of rotatable bonds is 3. The molecule has 106 valence electrons. The number of hydrogen-bond donors (Lipinski definition) is 1. The molecule has 2 nitrogen and oxygen atoms in total. The van der Waals surface area contributed by atoms with E-state index in [1.165, 1.54) is 24.5 Å². The van der Waals surface area contributed by atoms with Gasteiger partial charge in [0.05, 0.1) is 0 Å². The van der Waals surface area contributed by atoms with E-state index in [0.29, 0.717) is 5.52 Å². The minimum atomic E-state index is -0.214. The zero-order valence-electron chi connectivity index (χ0n) is 12.0. The van der Waals surface area contributed by atoms with Crippen molar-refractivity contribution in [1.82, 2.24) is 4.98 Å². The van der Waals surface area contributed by atoms with E-state index in [-0.39, 0.29) is 5.82 Å². The van der Waals surface area contributed by atoms with Crippen molar-refractivity contribution in [3.63, 3.8) is 0 Å². The Morgan fingerprint density at radius 2 is 2.05 bits per heavy atom. The van der Waals surface area contributed by atoms with Crippen LogP contribution in [0.3, 0.4) is 0 Å². The number of para-hydroxylation sites is 1. The molecule has 0 bridgehead atoms. The average molecular weight is 272 g/mol. The molecule has 0 spiro atoms. The van der Waals surface area contributed by atoms with Gasteiger partial charge in [0.1, 0.15) is 11.3 Å². The van der Waals surface area contributed by atoms with Gasteiger partial charge in [-0.3, -0.25) is 0 Å². The first-order valence-electron chi connectivity index (χ1n) is 7.65. The molecular formula is C17H21FN2. The maximum atomic E-state index is 14.1. The molecule has 3 heteroatoms. The molecule has 1 aliphatic carbocycles. The third-order valence-corrected chi connectivity index (χ3v) is 4.05. The van der Waals surface area contributed by atoms with Crippen molar-refractivity contribution in [2.24, 2.45) is 0 Å². The van der Waals surface area contributed by atoms with Gasteiger partial charge in [0, 0.05) is 23.3 Å². The van der Waals surface area contributed by atoms with Crippen molar-refractivity contribution < 1.29 is 4.39 Å². The Balaban J connectivity index is 2.23. The number of aromatic nitrogens is 1. The minimum absolute atomic E-state index is 0.214. The Morgan fingerprint density at radius 1 is 1.20 bits per heavy atom. The maximum Gasteiger partial charge on any atom is 0.149 e. The second-order valence-corrected chi connectivity index (χ2v) is 5.54. The molecule has 1 heterocycles. The Hall–Kier alpha value is -1.64. The van der Waals surface area contributed by atoms with Crippen LogP contribution in [0.4, 0.5) is 10.1 Å². The molecule has 0 amide bonds. The number of anilines is 1. The van der Waals surface area contributed by atoms with Crippen LogP contribution in [0.15, 0.2) is 18.2 Å². The highest BCUT2D eigenvalue weighted by Crippen LogP contribution is 2.33. The zero-order valence-corrected chi connectivity index (χ0v) is 12.0. The molecule has 1 N–H and O–H groups in total. The molecule has 0 saturated carbocycles. The van der Waals surface area contributed by atoms with Gasteiger partial charge < -0.3 is 5.32 Å². The lowest BCUT2D eigenvalue weighted by Gasteiger charge is -2.17. The molecule has 2 aromatic rings. The predicted octanol–water partition coefficient (Wildman–Crippen LogP) is 4.46. The lowest BCUT2D eigenvalue weighted by atomic mass is 10.0. The number of hydrogen-bond acceptors (Lipinski definition) is 2. The second kappa shape index (κ2) is 5.78. The van der Waals surface area contributed by atoms with Crippen LogP contribution in [0.5, 0.6) is 0 Å². The van der Waals surface area contributed by atoms with Crippen molar-refractivity contribution in [3.05, 3.63) is 35.3 Å². The Morgan fingerprint density at radius 3 is 2.90 bits per heavy atom. The molecule has 1 aliphatic rings. The number of pyridine rings is 1. The predicted molar refractivity (Wildman–Crippen MR) is 81.7 cm³/mol. The normalized spacial score (nSPS) is 14.9. The number of nitrogens with zero attached hydrogens (tertiary/aromatic N) is 1. The molecule has 1 aromatic carbocycles. The fraction of sp³-hybridized carbons (Fsp3) is 0.471. The summed E-state index contributed by atoms with van der Waals surface area (Å²) in [6, 6.07) is 5.26. The molecule has 0 radical (unpaired) electrons. The molecule has 3 rings (SSSR count). The van der Waals surface area contributed by atoms with Crippen molar-refractivity contribution in [2.45, 2.75) is 45.4 Å². The van der Waals surface area contributed by atoms with E-state index in [4.69, 9.17) is 0 Å². The summed E-state index contributed by atoms with van der Waals surface area (Å²) in [5, 5.41) is 4.44. The second-order valence-electron chi connectivity index (χ2n) is 5.54. The monoisotopic (exact) mass is 272 g/mol. The van der Waals surface area contributed by atoms with E-state index in [9.17, 15) is 4.39 Å². The molecule has 1 aromatic heterocycles. The smallest absolute Gasteiger partial charge is 0.149 e. The van der Waals surface area contributed by atoms with Crippen LogP contribution >= 0.6 is 0 Å². The van der Waals surface area contributed by atoms with Crippen molar-refractivity contribution in [1.29, 1.82) is 0 Å². The van der Waals surface area contributed by atoms with E-state index < -0.39 is 0 Å². The van der Waals surface area contributed by atoms with Crippen LogP contribution in [0.25, 0.3) is 10.9 Å². The van der Waals surface area contributed by atoms with Crippen molar-refractivity contribution in [3.8, 4) is 0 Å². The summed E-state index contributed by atoms with van der Waals surface area (Å²) in [6.45, 7) is 3.07. The van der Waals surface area contributed by atoms with Gasteiger partial charge in [0.15, 0.2) is 0 Å². The van der Waals surface area contributed by atoms with Crippen LogP contribution in [-0.4, -0.2) is 11.5 Å². The van der Waals surface area contributed by atoms with Gasteiger partial charge in [-0.05, 0) is 43.7 Å². The first-order valence-corrected chi connectivity index (χ1v) is 7.65. The van der Waals surface area contributed by atoms with Gasteiger partial charge in [-0.2, -0.15) is 0 Å². The van der Waals surface area contributed by atoms with Crippen LogP contribution in [0.1, 0.15) is 43.9 Å².